The van der Waals surface area contributed by atoms with E-state index >= 15 is 0 Å². The first-order valence-electron chi connectivity index (χ1n) is 10.1. The van der Waals surface area contributed by atoms with E-state index in [0.29, 0.717) is 0 Å². The molecule has 2 N–H and O–H groups in total. The summed E-state index contributed by atoms with van der Waals surface area (Å²) in [6.45, 7) is 2.07. The fraction of sp³-hybridized carbons (Fsp3) is 0.0400. The molecule has 148 valence electrons. The van der Waals surface area contributed by atoms with Crippen LogP contribution in [-0.4, -0.2) is 30.1 Å². The van der Waals surface area contributed by atoms with Crippen molar-refractivity contribution in [2.24, 2.45) is 0 Å². The van der Waals surface area contributed by atoms with Crippen LogP contribution in [0.25, 0.3) is 55.6 Å². The number of H-pyrrole nitrogens is 2. The van der Waals surface area contributed by atoms with E-state index in [4.69, 9.17) is 0 Å². The Hall–Kier alpha value is -4.32. The number of aryl methyl sites for hydroxylation is 1. The number of rotatable bonds is 3. The maximum absolute atomic E-state index is 4.61. The lowest BCUT2D eigenvalue weighted by Crippen LogP contribution is -1.88. The van der Waals surface area contributed by atoms with Crippen LogP contribution in [0.4, 0.5) is 0 Å². The molecule has 0 amide bonds. The molecule has 31 heavy (non-hydrogen) atoms. The van der Waals surface area contributed by atoms with E-state index in [1.807, 2.05) is 43.0 Å². The largest absolute Gasteiger partial charge is 0.353 e. The summed E-state index contributed by atoms with van der Waals surface area (Å²) in [6, 6.07) is 16.6. The summed E-state index contributed by atoms with van der Waals surface area (Å²) in [5.74, 6) is 0. The summed E-state index contributed by atoms with van der Waals surface area (Å²) in [6.07, 6.45) is 9.12. The van der Waals surface area contributed by atoms with Crippen LogP contribution in [0.2, 0.25) is 0 Å². The van der Waals surface area contributed by atoms with Crippen molar-refractivity contribution in [2.45, 2.75) is 6.92 Å². The van der Waals surface area contributed by atoms with Gasteiger partial charge >= 0.3 is 0 Å². The number of fused-ring (bicyclic) bond motifs is 2. The maximum Gasteiger partial charge on any atom is 0.116 e. The highest BCUT2D eigenvalue weighted by atomic mass is 15.1. The van der Waals surface area contributed by atoms with Crippen LogP contribution in [0.5, 0.6) is 0 Å². The molecule has 6 aromatic rings. The van der Waals surface area contributed by atoms with Gasteiger partial charge in [0.05, 0.1) is 23.1 Å². The van der Waals surface area contributed by atoms with Crippen molar-refractivity contribution in [1.29, 1.82) is 0 Å². The van der Waals surface area contributed by atoms with E-state index in [9.17, 15) is 0 Å². The molecule has 0 bridgehead atoms. The summed E-state index contributed by atoms with van der Waals surface area (Å²) in [7, 11) is 0. The molecular formula is C25H18N6. The van der Waals surface area contributed by atoms with Gasteiger partial charge in [0.15, 0.2) is 0 Å². The van der Waals surface area contributed by atoms with E-state index in [0.717, 1.165) is 61.1 Å². The Morgan fingerprint density at radius 3 is 2.52 bits per heavy atom. The zero-order chi connectivity index (χ0) is 20.8. The number of aromatic nitrogens is 6. The van der Waals surface area contributed by atoms with Crippen molar-refractivity contribution < 1.29 is 0 Å². The first-order chi connectivity index (χ1) is 15.3. The van der Waals surface area contributed by atoms with Crippen molar-refractivity contribution in [3.8, 4) is 33.8 Å². The Bertz CT molecular complexity index is 1550. The molecule has 0 aliphatic rings. The second-order valence-corrected chi connectivity index (χ2v) is 7.56. The van der Waals surface area contributed by atoms with E-state index in [1.54, 1.807) is 6.20 Å². The Balaban J connectivity index is 1.52. The normalized spacial score (nSPS) is 11.4. The molecule has 6 heteroatoms. The van der Waals surface area contributed by atoms with Gasteiger partial charge in [-0.25, -0.2) is 0 Å². The van der Waals surface area contributed by atoms with Crippen molar-refractivity contribution in [3.05, 3.63) is 85.1 Å². The average Bonchev–Trinajstić information content (AvgIpc) is 3.43. The molecule has 0 unspecified atom stereocenters. The topological polar surface area (TPSA) is 83.1 Å². The number of nitrogens with one attached hydrogen (secondary N) is 2. The monoisotopic (exact) mass is 402 g/mol. The van der Waals surface area contributed by atoms with Crippen molar-refractivity contribution >= 4 is 21.8 Å². The zero-order valence-corrected chi connectivity index (χ0v) is 16.8. The minimum Gasteiger partial charge on any atom is -0.353 e. The van der Waals surface area contributed by atoms with E-state index in [1.165, 1.54) is 0 Å². The molecule has 5 heterocycles. The molecule has 0 aliphatic heterocycles. The van der Waals surface area contributed by atoms with Crippen molar-refractivity contribution in [3.63, 3.8) is 0 Å². The smallest absolute Gasteiger partial charge is 0.116 e. The van der Waals surface area contributed by atoms with E-state index in [-0.39, 0.29) is 0 Å². The third-order valence-electron chi connectivity index (χ3n) is 5.67. The van der Waals surface area contributed by atoms with Gasteiger partial charge in [-0.3, -0.25) is 20.1 Å². The van der Waals surface area contributed by atoms with Gasteiger partial charge < -0.3 is 4.98 Å². The number of hydrogen-bond donors (Lipinski definition) is 2. The Labute approximate surface area is 178 Å². The number of hydrogen-bond acceptors (Lipinski definition) is 4. The quantitative estimate of drug-likeness (QED) is 0.407. The van der Waals surface area contributed by atoms with Crippen molar-refractivity contribution in [2.75, 3.05) is 0 Å². The zero-order valence-electron chi connectivity index (χ0n) is 16.8. The van der Waals surface area contributed by atoms with E-state index < -0.39 is 0 Å². The second kappa shape index (κ2) is 6.88. The van der Waals surface area contributed by atoms with Crippen LogP contribution in [0, 0.1) is 6.92 Å². The van der Waals surface area contributed by atoms with Crippen molar-refractivity contribution in [1.82, 2.24) is 30.1 Å². The summed E-state index contributed by atoms with van der Waals surface area (Å²) >= 11 is 0. The maximum atomic E-state index is 4.61. The minimum absolute atomic E-state index is 0.872. The highest BCUT2D eigenvalue weighted by Gasteiger charge is 2.15. The van der Waals surface area contributed by atoms with Gasteiger partial charge in [0.1, 0.15) is 5.69 Å². The molecule has 0 radical (unpaired) electrons. The lowest BCUT2D eigenvalue weighted by molar-refractivity contribution is 1.11. The summed E-state index contributed by atoms with van der Waals surface area (Å²) in [5.41, 5.74) is 9.14. The molecule has 1 aromatic carbocycles. The molecule has 5 aromatic heterocycles. The lowest BCUT2D eigenvalue weighted by Gasteiger charge is -2.04. The van der Waals surface area contributed by atoms with E-state index in [2.05, 4.69) is 67.4 Å². The Morgan fingerprint density at radius 2 is 1.65 bits per heavy atom. The van der Waals surface area contributed by atoms with Crippen LogP contribution < -0.4 is 0 Å². The lowest BCUT2D eigenvalue weighted by atomic mass is 10.0. The van der Waals surface area contributed by atoms with Gasteiger partial charge in [-0.1, -0.05) is 12.1 Å². The summed E-state index contributed by atoms with van der Waals surface area (Å²) in [5, 5.41) is 9.88. The fourth-order valence-corrected chi connectivity index (χ4v) is 4.07. The first-order valence-corrected chi connectivity index (χ1v) is 10.1. The highest BCUT2D eigenvalue weighted by Crippen LogP contribution is 2.34. The van der Waals surface area contributed by atoms with Gasteiger partial charge in [0.25, 0.3) is 0 Å². The second-order valence-electron chi connectivity index (χ2n) is 7.56. The molecule has 6 rings (SSSR count). The molecule has 0 saturated carbocycles. The molecular weight excluding hydrogens is 384 g/mol. The number of benzene rings is 1. The molecule has 6 nitrogen and oxygen atoms in total. The Kier molecular flexibility index (Phi) is 3.89. The van der Waals surface area contributed by atoms with Crippen LogP contribution in [0.3, 0.4) is 0 Å². The Morgan fingerprint density at radius 1 is 0.774 bits per heavy atom. The van der Waals surface area contributed by atoms with Crippen LogP contribution >= 0.6 is 0 Å². The van der Waals surface area contributed by atoms with Crippen LogP contribution in [0.15, 0.2) is 79.5 Å². The predicted octanol–water partition coefficient (Wildman–Crippen LogP) is 5.54. The first kappa shape index (κ1) is 17.5. The molecule has 0 aliphatic carbocycles. The van der Waals surface area contributed by atoms with Crippen LogP contribution in [-0.2, 0) is 0 Å². The summed E-state index contributed by atoms with van der Waals surface area (Å²) in [4.78, 5) is 16.6. The van der Waals surface area contributed by atoms with Gasteiger partial charge in [-0.2, -0.15) is 5.10 Å². The molecule has 0 spiro atoms. The molecule has 0 saturated heterocycles. The number of nitrogens with zero attached hydrogens (tertiary/aromatic N) is 4. The SMILES string of the molecule is Cc1ccncc1-c1cc2c(-c3cc4c(-c5ccncc5)cccc4[nH]3)n[nH]c2cn1. The average molecular weight is 402 g/mol. The predicted molar refractivity (Wildman–Crippen MR) is 122 cm³/mol. The fourth-order valence-electron chi connectivity index (χ4n) is 4.07. The van der Waals surface area contributed by atoms with Gasteiger partial charge in [-0.15, -0.1) is 0 Å². The van der Waals surface area contributed by atoms with Gasteiger partial charge in [0, 0.05) is 46.6 Å². The molecule has 0 atom stereocenters. The third kappa shape index (κ3) is 2.88. The third-order valence-corrected chi connectivity index (χ3v) is 5.67. The van der Waals surface area contributed by atoms with Gasteiger partial charge in [0.2, 0.25) is 0 Å². The number of aromatic amines is 2. The molecule has 0 fully saturated rings. The standard InChI is InChI=1S/C25H18N6/c1-15-5-8-27-13-20(15)22-12-19-24(14-28-22)30-31-25(19)23-11-18-17(3-2-4-21(18)29-23)16-6-9-26-10-7-16/h2-14,29H,1H3,(H,30,31). The summed E-state index contributed by atoms with van der Waals surface area (Å²) < 4.78 is 0. The minimum atomic E-state index is 0.872. The van der Waals surface area contributed by atoms with Crippen LogP contribution in [0.1, 0.15) is 5.56 Å². The number of pyridine rings is 3. The highest BCUT2D eigenvalue weighted by molar-refractivity contribution is 6.01. The van der Waals surface area contributed by atoms with Gasteiger partial charge in [-0.05, 0) is 60.0 Å².